The van der Waals surface area contributed by atoms with Crippen LogP contribution in [-0.4, -0.2) is 54.0 Å². The van der Waals surface area contributed by atoms with Gasteiger partial charge in [0.1, 0.15) is 5.82 Å². The molecule has 0 N–H and O–H groups in total. The molecule has 1 aliphatic heterocycles. The minimum absolute atomic E-state index is 0.144. The average molecular weight is 395 g/mol. The van der Waals surface area contributed by atoms with Crippen LogP contribution < -0.4 is 4.90 Å². The van der Waals surface area contributed by atoms with Gasteiger partial charge >= 0.3 is 0 Å². The summed E-state index contributed by atoms with van der Waals surface area (Å²) in [5.74, 6) is 1.18. The highest BCUT2D eigenvalue weighted by molar-refractivity contribution is 7.89. The zero-order valence-electron chi connectivity index (χ0n) is 15.6. The van der Waals surface area contributed by atoms with Crippen LogP contribution in [0.4, 0.5) is 5.13 Å². The van der Waals surface area contributed by atoms with E-state index in [0.29, 0.717) is 26.2 Å². The lowest BCUT2D eigenvalue weighted by atomic mass is 10.1. The number of hydrogen-bond acceptors (Lipinski definition) is 6. The summed E-state index contributed by atoms with van der Waals surface area (Å²) in [6.45, 7) is 8.30. The second-order valence-corrected chi connectivity index (χ2v) is 9.96. The Bertz CT molecular complexity index is 823. The molecule has 1 aliphatic rings. The fraction of sp³-hybridized carbons (Fsp3) is 0.556. The van der Waals surface area contributed by atoms with Crippen molar-refractivity contribution in [1.29, 1.82) is 0 Å². The molecule has 6 nitrogen and oxygen atoms in total. The van der Waals surface area contributed by atoms with E-state index in [0.717, 1.165) is 17.4 Å². The maximum atomic E-state index is 12.4. The summed E-state index contributed by atoms with van der Waals surface area (Å²) in [5, 5.41) is 0.882. The third kappa shape index (κ3) is 4.81. The summed E-state index contributed by atoms with van der Waals surface area (Å²) in [6.07, 6.45) is 0.722. The predicted octanol–water partition coefficient (Wildman–Crippen LogP) is 2.55. The van der Waals surface area contributed by atoms with Crippen LogP contribution in [-0.2, 0) is 16.4 Å². The molecule has 2 heterocycles. The van der Waals surface area contributed by atoms with E-state index >= 15 is 0 Å². The van der Waals surface area contributed by atoms with E-state index in [2.05, 4.69) is 45.4 Å². The lowest BCUT2D eigenvalue weighted by molar-refractivity contribution is 0.381. The smallest absolute Gasteiger partial charge is 0.214 e. The van der Waals surface area contributed by atoms with Gasteiger partial charge in [0.2, 0.25) is 15.2 Å². The van der Waals surface area contributed by atoms with Crippen LogP contribution >= 0.6 is 11.5 Å². The van der Waals surface area contributed by atoms with E-state index in [1.54, 1.807) is 4.31 Å². The van der Waals surface area contributed by atoms with Gasteiger partial charge in [-0.2, -0.15) is 8.68 Å². The highest BCUT2D eigenvalue weighted by Crippen LogP contribution is 2.22. The quantitative estimate of drug-likeness (QED) is 0.753. The van der Waals surface area contributed by atoms with Crippen LogP contribution in [0.5, 0.6) is 0 Å². The summed E-state index contributed by atoms with van der Waals surface area (Å²) in [7, 11) is -3.15. The van der Waals surface area contributed by atoms with Crippen LogP contribution in [0.1, 0.15) is 30.8 Å². The van der Waals surface area contributed by atoms with Gasteiger partial charge in [-0.3, -0.25) is 0 Å². The lowest BCUT2D eigenvalue weighted by Crippen LogP contribution is -2.49. The molecule has 3 rings (SSSR count). The van der Waals surface area contributed by atoms with Crippen molar-refractivity contribution in [3.63, 3.8) is 0 Å². The van der Waals surface area contributed by atoms with Gasteiger partial charge in [-0.1, -0.05) is 43.7 Å². The van der Waals surface area contributed by atoms with E-state index in [-0.39, 0.29) is 11.7 Å². The first-order valence-electron chi connectivity index (χ1n) is 8.94. The van der Waals surface area contributed by atoms with Crippen molar-refractivity contribution >= 4 is 26.7 Å². The molecule has 0 atom stereocenters. The monoisotopic (exact) mass is 394 g/mol. The molecule has 8 heteroatoms. The Morgan fingerprint density at radius 3 is 2.38 bits per heavy atom. The number of aryl methyl sites for hydroxylation is 1. The van der Waals surface area contributed by atoms with E-state index in [1.807, 2.05) is 13.8 Å². The molecular weight excluding hydrogens is 368 g/mol. The third-order valence-corrected chi connectivity index (χ3v) is 7.44. The molecule has 2 aromatic rings. The molecule has 0 bridgehead atoms. The Morgan fingerprint density at radius 1 is 1.12 bits per heavy atom. The largest absolute Gasteiger partial charge is 0.344 e. The third-order valence-electron chi connectivity index (χ3n) is 4.39. The van der Waals surface area contributed by atoms with E-state index in [9.17, 15) is 8.42 Å². The van der Waals surface area contributed by atoms with Gasteiger partial charge in [-0.15, -0.1) is 0 Å². The summed E-state index contributed by atoms with van der Waals surface area (Å²) in [4.78, 5) is 6.79. The molecule has 1 aromatic heterocycles. The fourth-order valence-corrected chi connectivity index (χ4v) is 5.53. The van der Waals surface area contributed by atoms with E-state index in [1.165, 1.54) is 22.7 Å². The molecule has 1 aromatic carbocycles. The predicted molar refractivity (Wildman–Crippen MR) is 106 cm³/mol. The van der Waals surface area contributed by atoms with Crippen molar-refractivity contribution in [1.82, 2.24) is 13.7 Å². The first kappa shape index (κ1) is 19.3. The first-order chi connectivity index (χ1) is 12.3. The minimum atomic E-state index is -3.15. The van der Waals surface area contributed by atoms with Gasteiger partial charge in [0.15, 0.2) is 0 Å². The maximum absolute atomic E-state index is 12.4. The molecule has 0 unspecified atom stereocenters. The SMILES string of the molecule is Cc1ccc(Cc2nsc(N3CCN(S(=O)(=O)CC(C)C)CC3)n2)cc1. The van der Waals surface area contributed by atoms with Gasteiger partial charge in [-0.05, 0) is 18.4 Å². The normalized spacial score (nSPS) is 16.4. The Labute approximate surface area is 160 Å². The number of hydrogen-bond donors (Lipinski definition) is 0. The number of piperazine rings is 1. The Morgan fingerprint density at radius 2 is 1.77 bits per heavy atom. The van der Waals surface area contributed by atoms with Crippen LogP contribution in [0.15, 0.2) is 24.3 Å². The Kier molecular flexibility index (Phi) is 5.94. The molecular formula is C18H26N4O2S2. The van der Waals surface area contributed by atoms with Gasteiger partial charge in [0.05, 0.1) is 5.75 Å². The molecule has 0 spiro atoms. The van der Waals surface area contributed by atoms with Crippen molar-refractivity contribution in [3.8, 4) is 0 Å². The molecule has 1 saturated heterocycles. The second-order valence-electron chi connectivity index (χ2n) is 7.21. The van der Waals surface area contributed by atoms with Gasteiger partial charge in [-0.25, -0.2) is 13.4 Å². The van der Waals surface area contributed by atoms with Crippen LogP contribution in [0.2, 0.25) is 0 Å². The van der Waals surface area contributed by atoms with Gasteiger partial charge in [0.25, 0.3) is 0 Å². The number of rotatable bonds is 6. The van der Waals surface area contributed by atoms with Crippen LogP contribution in [0, 0.1) is 12.8 Å². The average Bonchev–Trinajstić information content (AvgIpc) is 3.04. The molecule has 0 amide bonds. The topological polar surface area (TPSA) is 66.4 Å². The summed E-state index contributed by atoms with van der Waals surface area (Å²) >= 11 is 1.39. The zero-order chi connectivity index (χ0) is 18.7. The molecule has 0 radical (unpaired) electrons. The van der Waals surface area contributed by atoms with Crippen molar-refractivity contribution < 1.29 is 8.42 Å². The van der Waals surface area contributed by atoms with E-state index < -0.39 is 10.0 Å². The molecule has 26 heavy (non-hydrogen) atoms. The lowest BCUT2D eigenvalue weighted by Gasteiger charge is -2.33. The first-order valence-corrected chi connectivity index (χ1v) is 11.3. The van der Waals surface area contributed by atoms with E-state index in [4.69, 9.17) is 0 Å². The zero-order valence-corrected chi connectivity index (χ0v) is 17.2. The molecule has 0 saturated carbocycles. The molecule has 1 fully saturated rings. The fourth-order valence-electron chi connectivity index (χ4n) is 3.02. The van der Waals surface area contributed by atoms with Crippen molar-refractivity contribution in [3.05, 3.63) is 41.2 Å². The summed E-state index contributed by atoms with van der Waals surface area (Å²) in [6, 6.07) is 8.40. The standard InChI is InChI=1S/C18H26N4O2S2/c1-14(2)13-26(23,24)22-10-8-21(9-11-22)18-19-17(20-25-18)12-16-6-4-15(3)5-7-16/h4-7,14H,8-13H2,1-3H3. The van der Waals surface area contributed by atoms with Gasteiger partial charge < -0.3 is 4.90 Å². The minimum Gasteiger partial charge on any atom is -0.344 e. The number of anilines is 1. The number of aromatic nitrogens is 2. The highest BCUT2D eigenvalue weighted by atomic mass is 32.2. The van der Waals surface area contributed by atoms with Crippen molar-refractivity contribution in [2.75, 3.05) is 36.8 Å². The Hall–Kier alpha value is -1.51. The van der Waals surface area contributed by atoms with Crippen molar-refractivity contribution in [2.45, 2.75) is 27.2 Å². The van der Waals surface area contributed by atoms with Crippen molar-refractivity contribution in [2.24, 2.45) is 5.92 Å². The highest BCUT2D eigenvalue weighted by Gasteiger charge is 2.28. The molecule has 142 valence electrons. The summed E-state index contributed by atoms with van der Waals surface area (Å²) < 4.78 is 30.8. The second kappa shape index (κ2) is 8.02. The summed E-state index contributed by atoms with van der Waals surface area (Å²) in [5.41, 5.74) is 2.44. The molecule has 0 aliphatic carbocycles. The number of nitrogens with zero attached hydrogens (tertiary/aromatic N) is 4. The van der Waals surface area contributed by atoms with Gasteiger partial charge in [0, 0.05) is 44.1 Å². The Balaban J connectivity index is 1.58. The maximum Gasteiger partial charge on any atom is 0.214 e. The van der Waals surface area contributed by atoms with Crippen LogP contribution in [0.25, 0.3) is 0 Å². The number of sulfonamides is 1. The number of benzene rings is 1. The van der Waals surface area contributed by atoms with Crippen LogP contribution in [0.3, 0.4) is 0 Å².